The molecule has 0 aliphatic heterocycles. The molecular weight excluding hydrogens is 873 g/mol. The Morgan fingerprint density at radius 1 is 0.528 bits per heavy atom. The Morgan fingerprint density at radius 2 is 1.07 bits per heavy atom. The van der Waals surface area contributed by atoms with E-state index in [1.54, 1.807) is 0 Å². The summed E-state index contributed by atoms with van der Waals surface area (Å²) in [4.78, 5) is 4.63. The van der Waals surface area contributed by atoms with Gasteiger partial charge in [-0.15, -0.1) is 0 Å². The van der Waals surface area contributed by atoms with E-state index in [0.29, 0.717) is 29.6 Å². The Morgan fingerprint density at radius 3 is 1.67 bits per heavy atom. The predicted octanol–water partition coefficient (Wildman–Crippen LogP) is 18.5. The number of imidazole rings is 2. The van der Waals surface area contributed by atoms with Crippen LogP contribution in [0.15, 0.2) is 165 Å². The molecular formula is C68H77N4+. The molecule has 72 heavy (non-hydrogen) atoms. The average molecular weight is 950 g/mol. The number of para-hydroxylation sites is 1. The highest BCUT2D eigenvalue weighted by Crippen LogP contribution is 2.42. The van der Waals surface area contributed by atoms with E-state index in [1.165, 1.54) is 83.3 Å². The lowest BCUT2D eigenvalue weighted by atomic mass is 9.75. The summed E-state index contributed by atoms with van der Waals surface area (Å²) in [6.07, 6.45) is 13.4. The van der Waals surface area contributed by atoms with Gasteiger partial charge in [0, 0.05) is 29.1 Å². The molecule has 2 heterocycles. The first kappa shape index (κ1) is 51.3. The van der Waals surface area contributed by atoms with Gasteiger partial charge in [0.2, 0.25) is 0 Å². The maximum Gasteiger partial charge on any atom is 0.294 e. The van der Waals surface area contributed by atoms with Crippen LogP contribution in [0, 0.1) is 11.3 Å². The van der Waals surface area contributed by atoms with Gasteiger partial charge in [-0.3, -0.25) is 4.57 Å². The van der Waals surface area contributed by atoms with Crippen molar-refractivity contribution >= 4 is 33.7 Å². The highest BCUT2D eigenvalue weighted by molar-refractivity contribution is 6.15. The van der Waals surface area contributed by atoms with Gasteiger partial charge in [0.15, 0.2) is 0 Å². The standard InChI is InChI=1S/C47H53N2.C21H24N2/c1-12-36-37(13-2)44-26-33(22-23-41(44)40-21-17-16-20-39(36)40)35-27-42(30(3)4)45(43(28-35)31(5)6)49-25-24-48(11)46(49)38-19-15-14-18-34(38)29-47(9,10)32(7)8;1-15(2)18-11-8-12-19(16(3)4)20(18)23-14-13-22-21(23)17-9-6-5-7-10-17/h12-28,30-32H,1-2,29H2,3-11H3;5-16H,1-4H3/q+1;. The van der Waals surface area contributed by atoms with Crippen LogP contribution in [0.25, 0.3) is 79.0 Å². The summed E-state index contributed by atoms with van der Waals surface area (Å²) in [5.41, 5.74) is 16.8. The number of rotatable bonds is 14. The van der Waals surface area contributed by atoms with Crippen LogP contribution in [-0.4, -0.2) is 14.1 Å². The number of hydrogen-bond donors (Lipinski definition) is 0. The smallest absolute Gasteiger partial charge is 0.294 e. The van der Waals surface area contributed by atoms with Gasteiger partial charge < -0.3 is 0 Å². The fourth-order valence-electron chi connectivity index (χ4n) is 10.5. The Hall–Kier alpha value is -7.04. The second-order valence-electron chi connectivity index (χ2n) is 22.0. The van der Waals surface area contributed by atoms with E-state index in [0.717, 1.165) is 28.9 Å². The average Bonchev–Trinajstić information content (AvgIpc) is 4.02. The van der Waals surface area contributed by atoms with Crippen molar-refractivity contribution in [1.82, 2.24) is 14.1 Å². The Balaban J connectivity index is 0.000000251. The lowest BCUT2D eigenvalue weighted by molar-refractivity contribution is -0.659. The monoisotopic (exact) mass is 950 g/mol. The minimum atomic E-state index is 0.184. The minimum absolute atomic E-state index is 0.184. The zero-order chi connectivity index (χ0) is 51.6. The van der Waals surface area contributed by atoms with Crippen molar-refractivity contribution in [2.75, 3.05) is 0 Å². The summed E-state index contributed by atoms with van der Waals surface area (Å²) in [5.74, 6) is 4.38. The summed E-state index contributed by atoms with van der Waals surface area (Å²) in [6.45, 7) is 36.2. The third-order valence-electron chi connectivity index (χ3n) is 15.2. The van der Waals surface area contributed by atoms with Gasteiger partial charge in [-0.05, 0) is 126 Å². The molecule has 9 rings (SSSR count). The summed E-state index contributed by atoms with van der Waals surface area (Å²) in [7, 11) is 2.18. The van der Waals surface area contributed by atoms with Crippen LogP contribution in [0.1, 0.15) is 146 Å². The van der Waals surface area contributed by atoms with Crippen LogP contribution < -0.4 is 4.57 Å². The fourth-order valence-corrected chi connectivity index (χ4v) is 10.5. The molecule has 0 aliphatic rings. The molecule has 0 fully saturated rings. The summed E-state index contributed by atoms with van der Waals surface area (Å²) >= 11 is 0. The van der Waals surface area contributed by atoms with E-state index in [9.17, 15) is 0 Å². The number of nitrogens with zero attached hydrogens (tertiary/aromatic N) is 4. The number of benzene rings is 7. The van der Waals surface area contributed by atoms with Gasteiger partial charge in [0.05, 0.1) is 18.3 Å². The molecule has 0 atom stereocenters. The summed E-state index contributed by atoms with van der Waals surface area (Å²) < 4.78 is 7.01. The molecule has 0 spiro atoms. The molecule has 0 unspecified atom stereocenters. The third kappa shape index (κ3) is 9.94. The van der Waals surface area contributed by atoms with Crippen molar-refractivity contribution in [1.29, 1.82) is 0 Å². The zero-order valence-corrected chi connectivity index (χ0v) is 45.4. The molecule has 368 valence electrons. The van der Waals surface area contributed by atoms with Crippen molar-refractivity contribution in [2.45, 2.75) is 113 Å². The molecule has 4 nitrogen and oxygen atoms in total. The predicted molar refractivity (Wildman–Crippen MR) is 311 cm³/mol. The van der Waals surface area contributed by atoms with Gasteiger partial charge >= 0.3 is 0 Å². The van der Waals surface area contributed by atoms with E-state index in [4.69, 9.17) is 0 Å². The lowest BCUT2D eigenvalue weighted by Gasteiger charge is -2.30. The SMILES string of the molecule is C=Cc1c(C=C)c2cc(-c3cc(C(C)C)c(-n4cc[n+](C)c4-c4ccccc4CC(C)(C)C(C)C)c(C(C)C)c3)ccc2c2ccccc12.CC(C)c1cccc(C(C)C)c1-n1ccnc1-c1ccccc1. The van der Waals surface area contributed by atoms with Gasteiger partial charge in [0.25, 0.3) is 5.82 Å². The largest absolute Gasteiger partial charge is 0.299 e. The highest BCUT2D eigenvalue weighted by Gasteiger charge is 2.31. The first-order valence-corrected chi connectivity index (χ1v) is 26.3. The van der Waals surface area contributed by atoms with E-state index in [-0.39, 0.29) is 5.41 Å². The first-order chi connectivity index (χ1) is 34.5. The maximum atomic E-state index is 4.63. The van der Waals surface area contributed by atoms with Crippen molar-refractivity contribution in [2.24, 2.45) is 18.4 Å². The second kappa shape index (κ2) is 21.4. The molecule has 0 amide bonds. The summed E-state index contributed by atoms with van der Waals surface area (Å²) in [5, 5.41) is 4.92. The summed E-state index contributed by atoms with van der Waals surface area (Å²) in [6, 6.07) is 46.5. The highest BCUT2D eigenvalue weighted by atomic mass is 15.1. The van der Waals surface area contributed by atoms with Crippen LogP contribution in [0.3, 0.4) is 0 Å². The van der Waals surface area contributed by atoms with Crippen molar-refractivity contribution in [3.05, 3.63) is 204 Å². The van der Waals surface area contributed by atoms with E-state index >= 15 is 0 Å². The van der Waals surface area contributed by atoms with E-state index in [1.807, 2.05) is 24.4 Å². The van der Waals surface area contributed by atoms with Gasteiger partial charge in [-0.25, -0.2) is 9.55 Å². The van der Waals surface area contributed by atoms with Crippen molar-refractivity contribution in [3.63, 3.8) is 0 Å². The van der Waals surface area contributed by atoms with Crippen LogP contribution in [-0.2, 0) is 13.5 Å². The molecule has 4 heteroatoms. The van der Waals surface area contributed by atoms with Gasteiger partial charge in [-0.2, -0.15) is 4.57 Å². The molecule has 0 saturated heterocycles. The van der Waals surface area contributed by atoms with Crippen molar-refractivity contribution < 1.29 is 4.57 Å². The molecule has 0 radical (unpaired) electrons. The number of fused-ring (bicyclic) bond motifs is 3. The first-order valence-electron chi connectivity index (χ1n) is 26.3. The normalized spacial score (nSPS) is 11.9. The van der Waals surface area contributed by atoms with Crippen LogP contribution in [0.4, 0.5) is 0 Å². The van der Waals surface area contributed by atoms with Crippen LogP contribution in [0.2, 0.25) is 0 Å². The molecule has 2 aromatic heterocycles. The quantitative estimate of drug-likeness (QED) is 0.0788. The van der Waals surface area contributed by atoms with Gasteiger partial charge in [0.1, 0.15) is 23.9 Å². The minimum Gasteiger partial charge on any atom is -0.299 e. The second-order valence-corrected chi connectivity index (χ2v) is 22.0. The topological polar surface area (TPSA) is 26.6 Å². The van der Waals surface area contributed by atoms with Gasteiger partial charge in [-0.1, -0.05) is 212 Å². The van der Waals surface area contributed by atoms with Crippen LogP contribution in [0.5, 0.6) is 0 Å². The molecule has 0 bridgehead atoms. The van der Waals surface area contributed by atoms with Crippen LogP contribution >= 0.6 is 0 Å². The molecule has 0 saturated carbocycles. The van der Waals surface area contributed by atoms with Crippen molar-refractivity contribution in [3.8, 4) is 45.3 Å². The fraction of sp³-hybridized carbons (Fsp3) is 0.294. The zero-order valence-electron chi connectivity index (χ0n) is 45.4. The Labute approximate surface area is 431 Å². The third-order valence-corrected chi connectivity index (χ3v) is 15.2. The lowest BCUT2D eigenvalue weighted by Crippen LogP contribution is -2.30. The molecule has 0 aliphatic carbocycles. The molecule has 7 aromatic carbocycles. The number of aromatic nitrogens is 4. The Kier molecular flexibility index (Phi) is 15.2. The maximum absolute atomic E-state index is 4.63. The number of hydrogen-bond acceptors (Lipinski definition) is 1. The Bertz CT molecular complexity index is 3330. The number of aryl methyl sites for hydroxylation is 1. The molecule has 0 N–H and O–H groups in total. The van der Waals surface area contributed by atoms with E-state index < -0.39 is 0 Å². The van der Waals surface area contributed by atoms with E-state index in [2.05, 4.69) is 262 Å². The molecule has 9 aromatic rings.